The average Bonchev–Trinajstić information content (AvgIpc) is 2.95. The third kappa shape index (κ3) is 3.75. The van der Waals surface area contributed by atoms with Crippen LogP contribution in [0.15, 0.2) is 4.99 Å². The van der Waals surface area contributed by atoms with Gasteiger partial charge < -0.3 is 15.4 Å². The second kappa shape index (κ2) is 8.47. The largest absolute Gasteiger partial charge is 0.377 e. The highest BCUT2D eigenvalue weighted by atomic mass is 16.5. The number of rotatable bonds is 8. The van der Waals surface area contributed by atoms with Crippen LogP contribution in [0.1, 0.15) is 66.7 Å². The maximum Gasteiger partial charge on any atom is 0.191 e. The number of ether oxygens (including phenoxy) is 1. The molecule has 26 heavy (non-hydrogen) atoms. The average molecular weight is 365 g/mol. The lowest BCUT2D eigenvalue weighted by molar-refractivity contribution is -0.171. The molecule has 0 bridgehead atoms. The van der Waals surface area contributed by atoms with E-state index in [-0.39, 0.29) is 0 Å². The van der Waals surface area contributed by atoms with Crippen LogP contribution >= 0.6 is 0 Å². The molecule has 0 radical (unpaired) electrons. The van der Waals surface area contributed by atoms with E-state index in [1.54, 1.807) is 0 Å². The van der Waals surface area contributed by atoms with Crippen LogP contribution in [0, 0.1) is 11.3 Å². The van der Waals surface area contributed by atoms with Gasteiger partial charge in [-0.3, -0.25) is 9.89 Å². The number of guanidine groups is 1. The Morgan fingerprint density at radius 3 is 2.54 bits per heavy atom. The molecule has 3 aliphatic rings. The van der Waals surface area contributed by atoms with Crippen molar-refractivity contribution in [2.45, 2.75) is 91.0 Å². The van der Waals surface area contributed by atoms with E-state index in [1.807, 2.05) is 0 Å². The van der Waals surface area contributed by atoms with Crippen LogP contribution in [0.5, 0.6) is 0 Å². The van der Waals surface area contributed by atoms with Crippen LogP contribution in [0.4, 0.5) is 0 Å². The van der Waals surface area contributed by atoms with E-state index in [9.17, 15) is 0 Å². The predicted molar refractivity (Wildman–Crippen MR) is 109 cm³/mol. The van der Waals surface area contributed by atoms with Crippen molar-refractivity contribution in [3.63, 3.8) is 0 Å². The molecule has 5 nitrogen and oxygen atoms in total. The Labute approximate surface area is 160 Å². The van der Waals surface area contributed by atoms with Crippen molar-refractivity contribution >= 4 is 5.96 Å². The highest BCUT2D eigenvalue weighted by Crippen LogP contribution is 2.62. The zero-order valence-corrected chi connectivity index (χ0v) is 17.6. The first-order valence-electron chi connectivity index (χ1n) is 10.9. The molecule has 2 aliphatic carbocycles. The fraction of sp³-hybridized carbons (Fsp3) is 0.952. The Kier molecular flexibility index (Phi) is 6.50. The lowest BCUT2D eigenvalue weighted by Crippen LogP contribution is -2.72. The molecule has 0 aromatic rings. The molecule has 3 fully saturated rings. The summed E-state index contributed by atoms with van der Waals surface area (Å²) in [6.45, 7) is 15.1. The third-order valence-corrected chi connectivity index (χ3v) is 6.84. The van der Waals surface area contributed by atoms with E-state index >= 15 is 0 Å². The molecule has 1 saturated heterocycles. The molecule has 1 aliphatic heterocycles. The Morgan fingerprint density at radius 2 is 1.96 bits per heavy atom. The molecular formula is C21H40N4O. The van der Waals surface area contributed by atoms with Crippen LogP contribution in [-0.2, 0) is 4.74 Å². The fourth-order valence-corrected chi connectivity index (χ4v) is 5.48. The lowest BCUT2D eigenvalue weighted by Gasteiger charge is -2.63. The minimum Gasteiger partial charge on any atom is -0.377 e. The van der Waals surface area contributed by atoms with E-state index < -0.39 is 0 Å². The first kappa shape index (κ1) is 19.9. The van der Waals surface area contributed by atoms with Gasteiger partial charge in [-0.1, -0.05) is 6.42 Å². The first-order valence-corrected chi connectivity index (χ1v) is 10.9. The first-order chi connectivity index (χ1) is 12.5. The van der Waals surface area contributed by atoms with Gasteiger partial charge in [0, 0.05) is 55.7 Å². The van der Waals surface area contributed by atoms with Gasteiger partial charge in [-0.05, 0) is 60.3 Å². The molecule has 5 heteroatoms. The summed E-state index contributed by atoms with van der Waals surface area (Å²) in [5.41, 5.74) is 0.406. The molecule has 2 saturated carbocycles. The Bertz CT molecular complexity index is 478. The van der Waals surface area contributed by atoms with Gasteiger partial charge in [0.15, 0.2) is 5.96 Å². The van der Waals surface area contributed by atoms with Gasteiger partial charge in [-0.25, -0.2) is 0 Å². The number of nitrogens with one attached hydrogen (secondary N) is 2. The maximum absolute atomic E-state index is 6.05. The quantitative estimate of drug-likeness (QED) is 0.395. The standard InChI is InChI=1S/C21H40N4O/c1-6-22-20(23-12-8-13-25(15(2)3)16(4)5)24-18-17-9-14-26-19(17)21(18)10-7-11-21/h15-19H,6-14H2,1-5H3,(H2,22,23,24). The van der Waals surface area contributed by atoms with E-state index in [2.05, 4.69) is 50.2 Å². The second-order valence-corrected chi connectivity index (χ2v) is 8.99. The summed E-state index contributed by atoms with van der Waals surface area (Å²) in [5.74, 6) is 1.70. The molecule has 1 heterocycles. The number of hydrogen-bond acceptors (Lipinski definition) is 3. The lowest BCUT2D eigenvalue weighted by atomic mass is 9.46. The minimum atomic E-state index is 0.406. The summed E-state index contributed by atoms with van der Waals surface area (Å²) >= 11 is 0. The van der Waals surface area contributed by atoms with Crippen molar-refractivity contribution in [1.82, 2.24) is 15.5 Å². The summed E-state index contributed by atoms with van der Waals surface area (Å²) in [7, 11) is 0. The SMILES string of the molecule is CCNC(=NCCCN(C(C)C)C(C)C)NC1C2CCOC2C12CCC2. The van der Waals surface area contributed by atoms with Gasteiger partial charge in [0.1, 0.15) is 0 Å². The summed E-state index contributed by atoms with van der Waals surface area (Å²) in [6.07, 6.45) is 6.84. The van der Waals surface area contributed by atoms with Gasteiger partial charge in [0.05, 0.1) is 6.10 Å². The van der Waals surface area contributed by atoms with Gasteiger partial charge in [0.25, 0.3) is 0 Å². The highest BCUT2D eigenvalue weighted by Gasteiger charge is 2.66. The highest BCUT2D eigenvalue weighted by molar-refractivity contribution is 5.80. The normalized spacial score (nSPS) is 29.8. The third-order valence-electron chi connectivity index (χ3n) is 6.84. The zero-order valence-electron chi connectivity index (χ0n) is 17.6. The molecule has 3 atom stereocenters. The Hall–Kier alpha value is -0.810. The van der Waals surface area contributed by atoms with Crippen molar-refractivity contribution in [3.05, 3.63) is 0 Å². The van der Waals surface area contributed by atoms with Gasteiger partial charge >= 0.3 is 0 Å². The van der Waals surface area contributed by atoms with Crippen molar-refractivity contribution in [2.24, 2.45) is 16.3 Å². The second-order valence-electron chi connectivity index (χ2n) is 8.99. The Balaban J connectivity index is 1.53. The molecule has 3 rings (SSSR count). The van der Waals surface area contributed by atoms with Gasteiger partial charge in [-0.15, -0.1) is 0 Å². The van der Waals surface area contributed by atoms with Crippen molar-refractivity contribution in [1.29, 1.82) is 0 Å². The zero-order chi connectivity index (χ0) is 18.7. The fourth-order valence-electron chi connectivity index (χ4n) is 5.48. The molecule has 0 amide bonds. The van der Waals surface area contributed by atoms with E-state index in [0.717, 1.165) is 38.6 Å². The molecular weight excluding hydrogens is 324 g/mol. The van der Waals surface area contributed by atoms with Crippen LogP contribution in [0.2, 0.25) is 0 Å². The minimum absolute atomic E-state index is 0.406. The summed E-state index contributed by atoms with van der Waals surface area (Å²) in [6, 6.07) is 1.75. The molecule has 0 aromatic heterocycles. The molecule has 1 spiro atoms. The predicted octanol–water partition coefficient (Wildman–Crippen LogP) is 3.01. The molecule has 2 N–H and O–H groups in total. The van der Waals surface area contributed by atoms with Gasteiger partial charge in [-0.2, -0.15) is 0 Å². The van der Waals surface area contributed by atoms with Crippen LogP contribution in [0.3, 0.4) is 0 Å². The Morgan fingerprint density at radius 1 is 1.23 bits per heavy atom. The van der Waals surface area contributed by atoms with Crippen molar-refractivity contribution in [2.75, 3.05) is 26.2 Å². The maximum atomic E-state index is 6.05. The van der Waals surface area contributed by atoms with Crippen LogP contribution in [0.25, 0.3) is 0 Å². The number of hydrogen-bond donors (Lipinski definition) is 2. The van der Waals surface area contributed by atoms with E-state index in [0.29, 0.717) is 35.6 Å². The van der Waals surface area contributed by atoms with E-state index in [1.165, 1.54) is 25.7 Å². The monoisotopic (exact) mass is 364 g/mol. The van der Waals surface area contributed by atoms with Crippen LogP contribution in [-0.4, -0.2) is 61.3 Å². The summed E-state index contributed by atoms with van der Waals surface area (Å²) in [5, 5.41) is 7.26. The van der Waals surface area contributed by atoms with Crippen molar-refractivity contribution < 1.29 is 4.74 Å². The van der Waals surface area contributed by atoms with Crippen LogP contribution < -0.4 is 10.6 Å². The number of nitrogens with zero attached hydrogens (tertiary/aromatic N) is 2. The molecule has 150 valence electrons. The number of fused-ring (bicyclic) bond motifs is 2. The van der Waals surface area contributed by atoms with Crippen molar-refractivity contribution in [3.8, 4) is 0 Å². The topological polar surface area (TPSA) is 48.9 Å². The molecule has 0 aromatic carbocycles. The van der Waals surface area contributed by atoms with Gasteiger partial charge in [0.2, 0.25) is 0 Å². The molecule has 3 unspecified atom stereocenters. The van der Waals surface area contributed by atoms with E-state index in [4.69, 9.17) is 9.73 Å². The summed E-state index contributed by atoms with van der Waals surface area (Å²) in [4.78, 5) is 7.44. The summed E-state index contributed by atoms with van der Waals surface area (Å²) < 4.78 is 6.05. The smallest absolute Gasteiger partial charge is 0.191 e. The number of aliphatic imine (C=N–C) groups is 1.